The first kappa shape index (κ1) is 28.0. The molecule has 0 heterocycles. The molecular formula is C32H39NO4. The van der Waals surface area contributed by atoms with Crippen LogP contribution < -0.4 is 10.1 Å². The maximum atomic E-state index is 13.2. The third-order valence-electron chi connectivity index (χ3n) is 6.77. The highest BCUT2D eigenvalue weighted by Crippen LogP contribution is 2.33. The second-order valence-corrected chi connectivity index (χ2v) is 10.3. The van der Waals surface area contributed by atoms with E-state index in [1.807, 2.05) is 49.4 Å². The summed E-state index contributed by atoms with van der Waals surface area (Å²) in [5.74, 6) is -0.417. The van der Waals surface area contributed by atoms with Crippen molar-refractivity contribution in [2.75, 3.05) is 5.32 Å². The fraction of sp³-hybridized carbons (Fsp3) is 0.375. The highest BCUT2D eigenvalue weighted by Gasteiger charge is 2.35. The Labute approximate surface area is 220 Å². The lowest BCUT2D eigenvalue weighted by Crippen LogP contribution is -2.36. The average molecular weight is 502 g/mol. The minimum Gasteiger partial charge on any atom is -0.481 e. The van der Waals surface area contributed by atoms with Crippen LogP contribution in [0.4, 0.5) is 5.69 Å². The first-order valence-corrected chi connectivity index (χ1v) is 13.1. The molecule has 1 aliphatic rings. The number of nitrogens with one attached hydrogen (secondary N) is 1. The fourth-order valence-corrected chi connectivity index (χ4v) is 4.72. The van der Waals surface area contributed by atoms with Gasteiger partial charge in [0.1, 0.15) is 11.5 Å². The predicted molar refractivity (Wildman–Crippen MR) is 151 cm³/mol. The maximum Gasteiger partial charge on any atom is 0.307 e. The Balaban J connectivity index is 1.87. The summed E-state index contributed by atoms with van der Waals surface area (Å²) in [7, 11) is 0. The number of amides is 1. The molecule has 2 aromatic carbocycles. The normalized spacial score (nSPS) is 18.1. The molecule has 0 saturated heterocycles. The largest absolute Gasteiger partial charge is 0.481 e. The van der Waals surface area contributed by atoms with E-state index in [0.29, 0.717) is 36.6 Å². The van der Waals surface area contributed by atoms with Gasteiger partial charge in [-0.3, -0.25) is 9.59 Å². The summed E-state index contributed by atoms with van der Waals surface area (Å²) in [6.07, 6.45) is 11.4. The van der Waals surface area contributed by atoms with Crippen molar-refractivity contribution >= 4 is 23.6 Å². The smallest absolute Gasteiger partial charge is 0.307 e. The zero-order valence-corrected chi connectivity index (χ0v) is 22.4. The number of benzene rings is 2. The van der Waals surface area contributed by atoms with Crippen LogP contribution in [0.5, 0.6) is 11.5 Å². The van der Waals surface area contributed by atoms with Gasteiger partial charge in [0, 0.05) is 5.69 Å². The van der Waals surface area contributed by atoms with Gasteiger partial charge in [-0.1, -0.05) is 69.2 Å². The van der Waals surface area contributed by atoms with Crippen molar-refractivity contribution in [2.45, 2.75) is 59.8 Å². The topological polar surface area (TPSA) is 75.6 Å². The molecule has 0 aromatic heterocycles. The summed E-state index contributed by atoms with van der Waals surface area (Å²) < 4.78 is 6.22. The number of hydrogen-bond acceptors (Lipinski definition) is 3. The zero-order chi connectivity index (χ0) is 26.9. The van der Waals surface area contributed by atoms with Crippen molar-refractivity contribution < 1.29 is 19.4 Å². The van der Waals surface area contributed by atoms with Gasteiger partial charge in [0.15, 0.2) is 0 Å². The van der Waals surface area contributed by atoms with Crippen LogP contribution in [0.2, 0.25) is 0 Å². The standard InChI is InChI=1S/C32H39NO4/c1-6-9-22(4)18-25-20-27(37-26-15-13-23(5)24(19-26)14-12-21(2)3)16-17-30(25)33-31(34)28-10-7-8-11-29(28)32(35)36/h6,9,12-17,19-21,28-29H,1,7-8,10-11,18H2,2-5H3,(H,33,34)(H,35,36)/b14-12-,22-9+. The molecule has 2 unspecified atom stereocenters. The van der Waals surface area contributed by atoms with Crippen LogP contribution in [0.15, 0.2) is 66.8 Å². The summed E-state index contributed by atoms with van der Waals surface area (Å²) in [6, 6.07) is 11.7. The van der Waals surface area contributed by atoms with Gasteiger partial charge in [-0.25, -0.2) is 0 Å². The van der Waals surface area contributed by atoms with Crippen molar-refractivity contribution in [3.8, 4) is 11.5 Å². The van der Waals surface area contributed by atoms with Crippen molar-refractivity contribution in [3.63, 3.8) is 0 Å². The molecule has 2 N–H and O–H groups in total. The summed E-state index contributed by atoms with van der Waals surface area (Å²) >= 11 is 0. The number of rotatable bonds is 10. The molecule has 0 bridgehead atoms. The van der Waals surface area contributed by atoms with Gasteiger partial charge >= 0.3 is 5.97 Å². The van der Waals surface area contributed by atoms with Crippen molar-refractivity contribution in [2.24, 2.45) is 17.8 Å². The number of carboxylic acids is 1. The molecule has 0 spiro atoms. The number of aliphatic carboxylic acids is 1. The number of carbonyl (C=O) groups is 2. The third kappa shape index (κ3) is 7.94. The Morgan fingerprint density at radius 2 is 1.78 bits per heavy atom. The molecule has 1 aliphatic carbocycles. The van der Waals surface area contributed by atoms with Crippen LogP contribution >= 0.6 is 0 Å². The minimum absolute atomic E-state index is 0.229. The van der Waals surface area contributed by atoms with E-state index >= 15 is 0 Å². The van der Waals surface area contributed by atoms with Crippen LogP contribution in [0, 0.1) is 24.7 Å². The van der Waals surface area contributed by atoms with E-state index in [1.165, 1.54) is 5.56 Å². The van der Waals surface area contributed by atoms with E-state index in [0.717, 1.165) is 35.3 Å². The van der Waals surface area contributed by atoms with Crippen LogP contribution in [-0.4, -0.2) is 17.0 Å². The number of carbonyl (C=O) groups excluding carboxylic acids is 1. The zero-order valence-electron chi connectivity index (χ0n) is 22.4. The predicted octanol–water partition coefficient (Wildman–Crippen LogP) is 7.96. The number of anilines is 1. The van der Waals surface area contributed by atoms with Gasteiger partial charge in [0.25, 0.3) is 0 Å². The highest BCUT2D eigenvalue weighted by molar-refractivity contribution is 5.96. The molecular weight excluding hydrogens is 462 g/mol. The number of aryl methyl sites for hydroxylation is 1. The van der Waals surface area contributed by atoms with E-state index in [4.69, 9.17) is 4.74 Å². The highest BCUT2D eigenvalue weighted by atomic mass is 16.5. The number of ether oxygens (including phenoxy) is 1. The minimum atomic E-state index is -0.894. The first-order chi connectivity index (χ1) is 17.7. The molecule has 1 amide bonds. The molecule has 0 radical (unpaired) electrons. The second-order valence-electron chi connectivity index (χ2n) is 10.3. The molecule has 196 valence electrons. The average Bonchev–Trinajstić information content (AvgIpc) is 2.85. The molecule has 2 atom stereocenters. The fourth-order valence-electron chi connectivity index (χ4n) is 4.72. The Hall–Kier alpha value is -3.60. The van der Waals surface area contributed by atoms with Gasteiger partial charge in [-0.05, 0) is 86.1 Å². The Morgan fingerprint density at radius 3 is 2.46 bits per heavy atom. The molecule has 37 heavy (non-hydrogen) atoms. The van der Waals surface area contributed by atoms with Gasteiger partial charge in [0.2, 0.25) is 5.91 Å². The number of allylic oxidation sites excluding steroid dienone is 4. The summed E-state index contributed by atoms with van der Waals surface area (Å²) in [6.45, 7) is 12.2. The van der Waals surface area contributed by atoms with Crippen molar-refractivity contribution in [3.05, 3.63) is 83.5 Å². The van der Waals surface area contributed by atoms with E-state index < -0.39 is 17.8 Å². The van der Waals surface area contributed by atoms with E-state index in [9.17, 15) is 14.7 Å². The first-order valence-electron chi connectivity index (χ1n) is 13.1. The lowest BCUT2D eigenvalue weighted by molar-refractivity contribution is -0.147. The lowest BCUT2D eigenvalue weighted by atomic mass is 9.78. The molecule has 1 saturated carbocycles. The molecule has 5 heteroatoms. The summed E-state index contributed by atoms with van der Waals surface area (Å²) in [5, 5.41) is 12.6. The quantitative estimate of drug-likeness (QED) is 0.324. The lowest BCUT2D eigenvalue weighted by Gasteiger charge is -2.27. The Morgan fingerprint density at radius 1 is 1.11 bits per heavy atom. The van der Waals surface area contributed by atoms with Gasteiger partial charge in [0.05, 0.1) is 11.8 Å². The molecule has 2 aromatic rings. The summed E-state index contributed by atoms with van der Waals surface area (Å²) in [4.78, 5) is 24.9. The third-order valence-corrected chi connectivity index (χ3v) is 6.77. The molecule has 3 rings (SSSR count). The van der Waals surface area contributed by atoms with Crippen LogP contribution in [-0.2, 0) is 16.0 Å². The number of hydrogen-bond donors (Lipinski definition) is 2. The summed E-state index contributed by atoms with van der Waals surface area (Å²) in [5.41, 5.74) is 4.95. The molecule has 5 nitrogen and oxygen atoms in total. The van der Waals surface area contributed by atoms with Crippen LogP contribution in [0.25, 0.3) is 6.08 Å². The van der Waals surface area contributed by atoms with Gasteiger partial charge in [-0.15, -0.1) is 0 Å². The van der Waals surface area contributed by atoms with Gasteiger partial charge < -0.3 is 15.2 Å². The van der Waals surface area contributed by atoms with E-state index in [2.05, 4.69) is 44.8 Å². The monoisotopic (exact) mass is 501 g/mol. The number of carboxylic acid groups (broad SMARTS) is 1. The van der Waals surface area contributed by atoms with E-state index in [1.54, 1.807) is 6.08 Å². The van der Waals surface area contributed by atoms with Crippen molar-refractivity contribution in [1.82, 2.24) is 0 Å². The van der Waals surface area contributed by atoms with Crippen LogP contribution in [0.1, 0.15) is 63.1 Å². The van der Waals surface area contributed by atoms with E-state index in [-0.39, 0.29) is 5.91 Å². The van der Waals surface area contributed by atoms with Gasteiger partial charge in [-0.2, -0.15) is 0 Å². The Bertz CT molecular complexity index is 1190. The second kappa shape index (κ2) is 13.1. The molecule has 0 aliphatic heterocycles. The van der Waals surface area contributed by atoms with Crippen LogP contribution in [0.3, 0.4) is 0 Å². The SMILES string of the molecule is C=C/C=C(\C)Cc1cc(Oc2ccc(C)c(/C=C\C(C)C)c2)ccc1NC(=O)C1CCCCC1C(=O)O. The Kier molecular flexibility index (Phi) is 9.90. The maximum absolute atomic E-state index is 13.2. The molecule has 1 fully saturated rings. The van der Waals surface area contributed by atoms with Crippen molar-refractivity contribution in [1.29, 1.82) is 0 Å².